The maximum atomic E-state index is 13.5. The summed E-state index contributed by atoms with van der Waals surface area (Å²) in [6.07, 6.45) is 0.358. The van der Waals surface area contributed by atoms with Crippen molar-refractivity contribution in [2.24, 2.45) is 5.92 Å². The number of rotatable bonds is 3. The van der Waals surface area contributed by atoms with Crippen LogP contribution in [0.3, 0.4) is 0 Å². The third kappa shape index (κ3) is 3.13. The molecule has 1 N–H and O–H groups in total. The molecule has 1 atom stereocenters. The smallest absolute Gasteiger partial charge is 0.239 e. The second-order valence-corrected chi connectivity index (χ2v) is 5.76. The van der Waals surface area contributed by atoms with Crippen molar-refractivity contribution >= 4 is 23.2 Å². The molecule has 2 aromatic carbocycles. The molecule has 2 aromatic rings. The molecule has 3 rings (SSSR count). The Morgan fingerprint density at radius 2 is 1.88 bits per heavy atom. The lowest BCUT2D eigenvalue weighted by Gasteiger charge is -2.16. The van der Waals surface area contributed by atoms with Gasteiger partial charge in [0.25, 0.3) is 0 Å². The van der Waals surface area contributed by atoms with E-state index in [1.54, 1.807) is 19.1 Å². The minimum atomic E-state index is -0.834. The van der Waals surface area contributed by atoms with Crippen LogP contribution >= 0.6 is 0 Å². The molecule has 1 heterocycles. The molecule has 1 fully saturated rings. The SMILES string of the molecule is Cc1ccc(NC(=O)C2CCN(c3ccc(F)cc3)C2=O)cc1F. The van der Waals surface area contributed by atoms with Gasteiger partial charge in [0.1, 0.15) is 17.6 Å². The van der Waals surface area contributed by atoms with Crippen molar-refractivity contribution in [1.82, 2.24) is 0 Å². The summed E-state index contributed by atoms with van der Waals surface area (Å²) in [6.45, 7) is 2.01. The van der Waals surface area contributed by atoms with E-state index >= 15 is 0 Å². The minimum Gasteiger partial charge on any atom is -0.325 e. The number of nitrogens with one attached hydrogen (secondary N) is 1. The monoisotopic (exact) mass is 330 g/mol. The Kier molecular flexibility index (Phi) is 4.29. The normalized spacial score (nSPS) is 17.2. The maximum Gasteiger partial charge on any atom is 0.239 e. The van der Waals surface area contributed by atoms with Gasteiger partial charge in [-0.25, -0.2) is 8.78 Å². The van der Waals surface area contributed by atoms with Crippen LogP contribution in [0.2, 0.25) is 0 Å². The van der Waals surface area contributed by atoms with E-state index in [0.717, 1.165) is 0 Å². The molecule has 0 spiro atoms. The van der Waals surface area contributed by atoms with E-state index in [2.05, 4.69) is 5.32 Å². The van der Waals surface area contributed by atoms with E-state index in [1.807, 2.05) is 0 Å². The summed E-state index contributed by atoms with van der Waals surface area (Å²) in [5, 5.41) is 2.58. The summed E-state index contributed by atoms with van der Waals surface area (Å²) in [5.74, 6) is -2.45. The van der Waals surface area contributed by atoms with Gasteiger partial charge in [0.2, 0.25) is 11.8 Å². The number of aryl methyl sites for hydroxylation is 1. The van der Waals surface area contributed by atoms with Crippen molar-refractivity contribution in [3.63, 3.8) is 0 Å². The van der Waals surface area contributed by atoms with Crippen molar-refractivity contribution in [3.8, 4) is 0 Å². The summed E-state index contributed by atoms with van der Waals surface area (Å²) in [6, 6.07) is 9.92. The lowest BCUT2D eigenvalue weighted by Crippen LogP contribution is -2.33. The van der Waals surface area contributed by atoms with Gasteiger partial charge in [-0.1, -0.05) is 6.07 Å². The van der Waals surface area contributed by atoms with E-state index in [0.29, 0.717) is 29.9 Å². The zero-order valence-corrected chi connectivity index (χ0v) is 13.1. The lowest BCUT2D eigenvalue weighted by atomic mass is 10.1. The van der Waals surface area contributed by atoms with E-state index in [1.165, 1.54) is 35.2 Å². The number of anilines is 2. The third-order valence-electron chi connectivity index (χ3n) is 4.10. The predicted molar refractivity (Wildman–Crippen MR) is 86.6 cm³/mol. The average molecular weight is 330 g/mol. The first-order chi connectivity index (χ1) is 11.5. The topological polar surface area (TPSA) is 49.4 Å². The maximum absolute atomic E-state index is 13.5. The molecular formula is C18H16F2N2O2. The number of halogens is 2. The predicted octanol–water partition coefficient (Wildman–Crippen LogP) is 3.26. The van der Waals surface area contributed by atoms with Crippen LogP contribution in [0.4, 0.5) is 20.2 Å². The Labute approximate surface area is 138 Å². The number of hydrogen-bond acceptors (Lipinski definition) is 2. The number of hydrogen-bond donors (Lipinski definition) is 1. The Hall–Kier alpha value is -2.76. The molecule has 0 bridgehead atoms. The fourth-order valence-electron chi connectivity index (χ4n) is 2.70. The molecule has 0 aliphatic carbocycles. The highest BCUT2D eigenvalue weighted by Gasteiger charge is 2.37. The van der Waals surface area contributed by atoms with Gasteiger partial charge in [-0.2, -0.15) is 0 Å². The highest BCUT2D eigenvalue weighted by molar-refractivity contribution is 6.13. The summed E-state index contributed by atoms with van der Waals surface area (Å²) in [7, 11) is 0. The highest BCUT2D eigenvalue weighted by Crippen LogP contribution is 2.26. The molecule has 1 saturated heterocycles. The molecule has 2 amide bonds. The first-order valence-electron chi connectivity index (χ1n) is 7.59. The van der Waals surface area contributed by atoms with E-state index in [4.69, 9.17) is 0 Å². The van der Waals surface area contributed by atoms with Crippen molar-refractivity contribution < 1.29 is 18.4 Å². The van der Waals surface area contributed by atoms with Crippen LogP contribution in [0.5, 0.6) is 0 Å². The van der Waals surface area contributed by atoms with Gasteiger partial charge in [-0.05, 0) is 55.3 Å². The Morgan fingerprint density at radius 1 is 1.17 bits per heavy atom. The van der Waals surface area contributed by atoms with Gasteiger partial charge in [0, 0.05) is 17.9 Å². The van der Waals surface area contributed by atoms with Crippen molar-refractivity contribution in [2.45, 2.75) is 13.3 Å². The quantitative estimate of drug-likeness (QED) is 0.878. The van der Waals surface area contributed by atoms with Crippen molar-refractivity contribution in [2.75, 3.05) is 16.8 Å². The highest BCUT2D eigenvalue weighted by atomic mass is 19.1. The van der Waals surface area contributed by atoms with E-state index in [-0.39, 0.29) is 11.7 Å². The second kappa shape index (κ2) is 6.39. The Morgan fingerprint density at radius 3 is 2.54 bits per heavy atom. The number of nitrogens with zero attached hydrogens (tertiary/aromatic N) is 1. The van der Waals surface area contributed by atoms with Gasteiger partial charge in [0.15, 0.2) is 0 Å². The van der Waals surface area contributed by atoms with Crippen molar-refractivity contribution in [1.29, 1.82) is 0 Å². The van der Waals surface area contributed by atoms with Crippen LogP contribution in [0.25, 0.3) is 0 Å². The molecule has 0 radical (unpaired) electrons. The number of amides is 2. The van der Waals surface area contributed by atoms with E-state index in [9.17, 15) is 18.4 Å². The standard InChI is InChI=1S/C18H16F2N2O2/c1-11-2-5-13(10-16(11)20)21-17(23)15-8-9-22(18(15)24)14-6-3-12(19)4-7-14/h2-7,10,15H,8-9H2,1H3,(H,21,23). The fourth-order valence-corrected chi connectivity index (χ4v) is 2.70. The summed E-state index contributed by atoms with van der Waals surface area (Å²) < 4.78 is 26.5. The van der Waals surface area contributed by atoms with Crippen LogP contribution < -0.4 is 10.2 Å². The number of carbonyl (C=O) groups excluding carboxylic acids is 2. The molecule has 6 heteroatoms. The van der Waals surface area contributed by atoms with Crippen LogP contribution in [-0.4, -0.2) is 18.4 Å². The fraction of sp³-hybridized carbons (Fsp3) is 0.222. The first kappa shape index (κ1) is 16.1. The molecule has 4 nitrogen and oxygen atoms in total. The minimum absolute atomic E-state index is 0.316. The summed E-state index contributed by atoms with van der Waals surface area (Å²) >= 11 is 0. The Bertz CT molecular complexity index is 790. The van der Waals surface area contributed by atoms with Gasteiger partial charge in [0.05, 0.1) is 0 Å². The first-order valence-corrected chi connectivity index (χ1v) is 7.59. The molecule has 0 saturated carbocycles. The average Bonchev–Trinajstić information content (AvgIpc) is 2.93. The zero-order chi connectivity index (χ0) is 17.3. The number of benzene rings is 2. The lowest BCUT2D eigenvalue weighted by molar-refractivity contribution is -0.129. The van der Waals surface area contributed by atoms with Gasteiger partial charge in [-0.3, -0.25) is 9.59 Å². The molecule has 1 unspecified atom stereocenters. The van der Waals surface area contributed by atoms with Crippen LogP contribution in [0.15, 0.2) is 42.5 Å². The third-order valence-corrected chi connectivity index (χ3v) is 4.10. The molecule has 1 aliphatic rings. The van der Waals surface area contributed by atoms with Gasteiger partial charge in [-0.15, -0.1) is 0 Å². The molecule has 124 valence electrons. The van der Waals surface area contributed by atoms with Crippen LogP contribution in [-0.2, 0) is 9.59 Å². The van der Waals surface area contributed by atoms with Gasteiger partial charge >= 0.3 is 0 Å². The summed E-state index contributed by atoms with van der Waals surface area (Å²) in [5.41, 5.74) is 1.35. The van der Waals surface area contributed by atoms with Gasteiger partial charge < -0.3 is 10.2 Å². The Balaban J connectivity index is 1.71. The zero-order valence-electron chi connectivity index (χ0n) is 13.1. The molecule has 0 aromatic heterocycles. The van der Waals surface area contributed by atoms with Crippen molar-refractivity contribution in [3.05, 3.63) is 59.7 Å². The second-order valence-electron chi connectivity index (χ2n) is 5.76. The van der Waals surface area contributed by atoms with Crippen LogP contribution in [0, 0.1) is 24.5 Å². The van der Waals surface area contributed by atoms with Crippen LogP contribution in [0.1, 0.15) is 12.0 Å². The molecular weight excluding hydrogens is 314 g/mol. The largest absolute Gasteiger partial charge is 0.325 e. The molecule has 1 aliphatic heterocycles. The number of carbonyl (C=O) groups is 2. The summed E-state index contributed by atoms with van der Waals surface area (Å²) in [4.78, 5) is 26.2. The van der Waals surface area contributed by atoms with E-state index < -0.39 is 17.6 Å². The molecule has 24 heavy (non-hydrogen) atoms.